The molecule has 0 saturated heterocycles. The zero-order valence-electron chi connectivity index (χ0n) is 7.20. The third kappa shape index (κ3) is 2.23. The predicted molar refractivity (Wildman–Crippen MR) is 59.3 cm³/mol. The summed E-state index contributed by atoms with van der Waals surface area (Å²) in [6.45, 7) is 0. The van der Waals surface area contributed by atoms with E-state index in [9.17, 15) is 0 Å². The van der Waals surface area contributed by atoms with E-state index in [1.54, 1.807) is 0 Å². The van der Waals surface area contributed by atoms with E-state index in [4.69, 9.17) is 0 Å². The van der Waals surface area contributed by atoms with Crippen molar-refractivity contribution in [2.45, 2.75) is 25.2 Å². The summed E-state index contributed by atoms with van der Waals surface area (Å²) in [6.07, 6.45) is 5.27. The molecule has 0 N–H and O–H groups in total. The van der Waals surface area contributed by atoms with Crippen LogP contribution in [0.15, 0.2) is 10.7 Å². The van der Waals surface area contributed by atoms with E-state index in [1.807, 2.05) is 6.20 Å². The third-order valence-electron chi connectivity index (χ3n) is 2.13. The number of hydrogen-bond donors (Lipinski definition) is 1. The van der Waals surface area contributed by atoms with Crippen LogP contribution in [0, 0.1) is 0 Å². The highest BCUT2D eigenvalue weighted by Crippen LogP contribution is 2.38. The van der Waals surface area contributed by atoms with Gasteiger partial charge in [0.05, 0.1) is 10.2 Å². The molecule has 13 heavy (non-hydrogen) atoms. The third-order valence-corrected chi connectivity index (χ3v) is 3.01. The molecular weight excluding hydrogens is 248 g/mol. The molecule has 1 heterocycles. The van der Waals surface area contributed by atoms with Crippen molar-refractivity contribution in [1.29, 1.82) is 0 Å². The summed E-state index contributed by atoms with van der Waals surface area (Å²) >= 11 is 7.64. The monoisotopic (exact) mass is 258 g/mol. The van der Waals surface area contributed by atoms with Gasteiger partial charge in [-0.05, 0) is 40.9 Å². The minimum absolute atomic E-state index is 0.631. The van der Waals surface area contributed by atoms with Gasteiger partial charge in [-0.3, -0.25) is 0 Å². The summed E-state index contributed by atoms with van der Waals surface area (Å²) in [6, 6.07) is 0. The van der Waals surface area contributed by atoms with E-state index in [0.29, 0.717) is 5.92 Å². The van der Waals surface area contributed by atoms with Gasteiger partial charge >= 0.3 is 0 Å². The predicted octanol–water partition coefficient (Wildman–Crippen LogP) is 2.59. The van der Waals surface area contributed by atoms with Crippen LogP contribution in [0.2, 0.25) is 0 Å². The molecule has 0 aliphatic heterocycles. The van der Waals surface area contributed by atoms with Crippen LogP contribution in [-0.2, 0) is 6.42 Å². The SMILES string of the molecule is SCCc1nc(C2CC2)ncc1Br. The van der Waals surface area contributed by atoms with Crippen molar-refractivity contribution in [3.63, 3.8) is 0 Å². The van der Waals surface area contributed by atoms with Crippen LogP contribution in [-0.4, -0.2) is 15.7 Å². The van der Waals surface area contributed by atoms with Crippen LogP contribution in [0.1, 0.15) is 30.3 Å². The van der Waals surface area contributed by atoms with Gasteiger partial charge in [0.2, 0.25) is 0 Å². The molecule has 2 nitrogen and oxygen atoms in total. The Bertz CT molecular complexity index is 312. The molecule has 1 fully saturated rings. The van der Waals surface area contributed by atoms with Gasteiger partial charge in [0.15, 0.2) is 0 Å². The Hall–Kier alpha value is -0.0900. The first kappa shape index (κ1) is 9.46. The summed E-state index contributed by atoms with van der Waals surface area (Å²) in [7, 11) is 0. The molecule has 0 atom stereocenters. The van der Waals surface area contributed by atoms with E-state index < -0.39 is 0 Å². The Kier molecular flexibility index (Phi) is 2.89. The van der Waals surface area contributed by atoms with Gasteiger partial charge < -0.3 is 0 Å². The maximum absolute atomic E-state index is 4.52. The van der Waals surface area contributed by atoms with Gasteiger partial charge in [0.25, 0.3) is 0 Å². The maximum Gasteiger partial charge on any atom is 0.131 e. The van der Waals surface area contributed by atoms with Gasteiger partial charge in [-0.1, -0.05) is 0 Å². The smallest absolute Gasteiger partial charge is 0.131 e. The molecule has 0 aromatic carbocycles. The molecule has 0 radical (unpaired) electrons. The van der Waals surface area contributed by atoms with Crippen LogP contribution >= 0.6 is 28.6 Å². The lowest BCUT2D eigenvalue weighted by Gasteiger charge is -2.03. The Balaban J connectivity index is 2.25. The number of halogens is 1. The van der Waals surface area contributed by atoms with Crippen molar-refractivity contribution in [2.75, 3.05) is 5.75 Å². The fraction of sp³-hybridized carbons (Fsp3) is 0.556. The molecule has 0 unspecified atom stereocenters. The van der Waals surface area contributed by atoms with Gasteiger partial charge in [-0.2, -0.15) is 12.6 Å². The highest BCUT2D eigenvalue weighted by atomic mass is 79.9. The molecule has 70 valence electrons. The second kappa shape index (κ2) is 3.96. The summed E-state index contributed by atoms with van der Waals surface area (Å²) in [5.74, 6) is 2.48. The fourth-order valence-corrected chi connectivity index (χ4v) is 1.84. The first-order valence-electron chi connectivity index (χ1n) is 4.43. The number of thiol groups is 1. The van der Waals surface area contributed by atoms with Crippen LogP contribution in [0.25, 0.3) is 0 Å². The molecule has 1 aromatic heterocycles. The second-order valence-corrected chi connectivity index (χ2v) is 4.57. The van der Waals surface area contributed by atoms with E-state index in [1.165, 1.54) is 12.8 Å². The van der Waals surface area contributed by atoms with Crippen LogP contribution in [0.4, 0.5) is 0 Å². The first-order valence-corrected chi connectivity index (χ1v) is 5.86. The fourth-order valence-electron chi connectivity index (χ4n) is 1.24. The first-order chi connectivity index (χ1) is 6.31. The van der Waals surface area contributed by atoms with Gasteiger partial charge in [-0.25, -0.2) is 9.97 Å². The second-order valence-electron chi connectivity index (χ2n) is 3.27. The number of rotatable bonds is 3. The number of aryl methyl sites for hydroxylation is 1. The Morgan fingerprint density at radius 3 is 2.92 bits per heavy atom. The summed E-state index contributed by atoms with van der Waals surface area (Å²) in [4.78, 5) is 8.82. The lowest BCUT2D eigenvalue weighted by molar-refractivity contribution is 0.873. The lowest BCUT2D eigenvalue weighted by atomic mass is 10.3. The van der Waals surface area contributed by atoms with Crippen molar-refractivity contribution in [3.8, 4) is 0 Å². The summed E-state index contributed by atoms with van der Waals surface area (Å²) in [5.41, 5.74) is 1.09. The van der Waals surface area contributed by atoms with Crippen molar-refractivity contribution >= 4 is 28.6 Å². The van der Waals surface area contributed by atoms with Crippen LogP contribution in [0.5, 0.6) is 0 Å². The molecule has 1 saturated carbocycles. The van der Waals surface area contributed by atoms with E-state index in [-0.39, 0.29) is 0 Å². The zero-order valence-corrected chi connectivity index (χ0v) is 9.68. The maximum atomic E-state index is 4.52. The quantitative estimate of drug-likeness (QED) is 0.844. The number of aromatic nitrogens is 2. The average Bonchev–Trinajstić information content (AvgIpc) is 2.92. The largest absolute Gasteiger partial charge is 0.240 e. The van der Waals surface area contributed by atoms with Crippen LogP contribution < -0.4 is 0 Å². The van der Waals surface area contributed by atoms with Crippen LogP contribution in [0.3, 0.4) is 0 Å². The molecule has 1 aromatic rings. The summed E-state index contributed by atoms with van der Waals surface area (Å²) in [5, 5.41) is 0. The minimum atomic E-state index is 0.631. The topological polar surface area (TPSA) is 25.8 Å². The average molecular weight is 259 g/mol. The molecular formula is C9H11BrN2S. The highest BCUT2D eigenvalue weighted by molar-refractivity contribution is 9.10. The summed E-state index contributed by atoms with van der Waals surface area (Å²) < 4.78 is 1.01. The Labute approximate surface area is 91.7 Å². The molecule has 0 amide bonds. The Morgan fingerprint density at radius 1 is 1.54 bits per heavy atom. The normalized spacial score (nSPS) is 16.2. The van der Waals surface area contributed by atoms with E-state index in [0.717, 1.165) is 28.2 Å². The van der Waals surface area contributed by atoms with Crippen molar-refractivity contribution in [2.24, 2.45) is 0 Å². The standard InChI is InChI=1S/C9H11BrN2S/c10-7-5-11-9(6-1-2-6)12-8(7)3-4-13/h5-6,13H,1-4H2. The van der Waals surface area contributed by atoms with E-state index in [2.05, 4.69) is 38.5 Å². The van der Waals surface area contributed by atoms with Crippen molar-refractivity contribution in [1.82, 2.24) is 9.97 Å². The molecule has 0 bridgehead atoms. The van der Waals surface area contributed by atoms with Crippen molar-refractivity contribution < 1.29 is 0 Å². The highest BCUT2D eigenvalue weighted by Gasteiger charge is 2.26. The number of nitrogens with zero attached hydrogens (tertiary/aromatic N) is 2. The number of hydrogen-bond acceptors (Lipinski definition) is 3. The van der Waals surface area contributed by atoms with Gasteiger partial charge in [-0.15, -0.1) is 0 Å². The molecule has 4 heteroatoms. The minimum Gasteiger partial charge on any atom is -0.240 e. The molecule has 2 rings (SSSR count). The molecule has 1 aliphatic rings. The van der Waals surface area contributed by atoms with Gasteiger partial charge in [0.1, 0.15) is 5.82 Å². The van der Waals surface area contributed by atoms with Crippen molar-refractivity contribution in [3.05, 3.63) is 22.2 Å². The Morgan fingerprint density at radius 2 is 2.31 bits per heavy atom. The van der Waals surface area contributed by atoms with E-state index >= 15 is 0 Å². The van der Waals surface area contributed by atoms with Gasteiger partial charge in [0, 0.05) is 12.1 Å². The molecule has 0 spiro atoms. The molecule has 1 aliphatic carbocycles. The lowest BCUT2D eigenvalue weighted by Crippen LogP contribution is -1.99. The zero-order chi connectivity index (χ0) is 9.26.